The number of carbonyl (C=O) groups is 2. The first kappa shape index (κ1) is 25.9. The minimum absolute atomic E-state index is 0.0100. The lowest BCUT2D eigenvalue weighted by Gasteiger charge is -2.26. The van der Waals surface area contributed by atoms with Crippen molar-refractivity contribution in [1.29, 1.82) is 0 Å². The summed E-state index contributed by atoms with van der Waals surface area (Å²) in [7, 11) is -1.70. The topological polar surface area (TPSA) is 128 Å². The number of nitrogens with zero attached hydrogens (tertiary/aromatic N) is 4. The number of hydrogen-bond donors (Lipinski definition) is 3. The van der Waals surface area contributed by atoms with Crippen LogP contribution in [0, 0.1) is 6.92 Å². The van der Waals surface area contributed by atoms with Crippen LogP contribution in [0.15, 0.2) is 33.9 Å². The Morgan fingerprint density at radius 1 is 1.19 bits per heavy atom. The van der Waals surface area contributed by atoms with E-state index in [4.69, 9.17) is 16.3 Å². The quantitative estimate of drug-likeness (QED) is 0.393. The predicted octanol–water partition coefficient (Wildman–Crippen LogP) is 3.95. The van der Waals surface area contributed by atoms with Gasteiger partial charge in [-0.3, -0.25) is 9.78 Å². The van der Waals surface area contributed by atoms with Gasteiger partial charge in [0.25, 0.3) is 5.91 Å². The molecule has 1 unspecified atom stereocenters. The van der Waals surface area contributed by atoms with Crippen molar-refractivity contribution in [2.24, 2.45) is 4.99 Å². The number of halogens is 3. The molecule has 0 saturated heterocycles. The van der Waals surface area contributed by atoms with Gasteiger partial charge in [0, 0.05) is 41.0 Å². The average Bonchev–Trinajstić information content (AvgIpc) is 3.34. The molecule has 36 heavy (non-hydrogen) atoms. The van der Waals surface area contributed by atoms with Gasteiger partial charge in [-0.05, 0) is 39.8 Å². The summed E-state index contributed by atoms with van der Waals surface area (Å²) in [5.74, 6) is -1.16. The molecule has 0 fully saturated rings. The second kappa shape index (κ2) is 10.1. The van der Waals surface area contributed by atoms with Crippen molar-refractivity contribution in [3.05, 3.63) is 45.3 Å². The first-order valence-electron chi connectivity index (χ1n) is 10.7. The molecule has 0 spiro atoms. The zero-order valence-electron chi connectivity index (χ0n) is 19.7. The summed E-state index contributed by atoms with van der Waals surface area (Å²) >= 11 is 5.96. The fourth-order valence-corrected chi connectivity index (χ4v) is 5.82. The van der Waals surface area contributed by atoms with Crippen LogP contribution in [0.2, 0.25) is 5.15 Å². The molecule has 2 aromatic heterocycles. The fourth-order valence-electron chi connectivity index (χ4n) is 3.56. The van der Waals surface area contributed by atoms with Crippen molar-refractivity contribution in [2.45, 2.75) is 39.9 Å². The zero-order chi connectivity index (χ0) is 26.2. The highest BCUT2D eigenvalue weighted by molar-refractivity contribution is 8.44. The second-order valence-electron chi connectivity index (χ2n) is 8.84. The molecule has 0 radical (unpaired) electrons. The third kappa shape index (κ3) is 5.63. The van der Waals surface area contributed by atoms with Crippen LogP contribution in [0.5, 0.6) is 5.88 Å². The molecule has 4 heterocycles. The normalized spacial score (nSPS) is 18.2. The lowest BCUT2D eigenvalue weighted by molar-refractivity contribution is -0.0530. The maximum atomic E-state index is 13.4. The van der Waals surface area contributed by atoms with Crippen LogP contribution in [0.4, 0.5) is 13.6 Å². The number of pyridine rings is 1. The molecule has 1 atom stereocenters. The Morgan fingerprint density at radius 3 is 2.64 bits per heavy atom. The molecule has 10 nitrogen and oxygen atoms in total. The number of aryl methyl sites for hydroxylation is 1. The molecule has 0 bridgehead atoms. The number of amidine groups is 1. The lowest BCUT2D eigenvalue weighted by atomic mass is 10.0. The highest BCUT2D eigenvalue weighted by Gasteiger charge is 2.38. The minimum atomic E-state index is -3.17. The SMILES string of the molecule is Cc1cc(-c2cc(Cl)nnc2OC(F)F)c(C(=O)NC2=NC3=C(CNC3)[SH]2C(=O)OC(C)(C)C)cn1. The van der Waals surface area contributed by atoms with Gasteiger partial charge in [0.15, 0.2) is 10.3 Å². The number of aliphatic imine (C=N–C) groups is 1. The van der Waals surface area contributed by atoms with Gasteiger partial charge in [-0.2, -0.15) is 8.78 Å². The number of carbonyl (C=O) groups excluding carboxylic acids is 2. The molecular weight excluding hydrogens is 518 g/mol. The molecule has 0 saturated carbocycles. The number of rotatable bonds is 4. The van der Waals surface area contributed by atoms with Gasteiger partial charge in [-0.15, -0.1) is 10.2 Å². The first-order chi connectivity index (χ1) is 16.9. The van der Waals surface area contributed by atoms with E-state index in [1.165, 1.54) is 18.3 Å². The Balaban J connectivity index is 1.69. The van der Waals surface area contributed by atoms with Gasteiger partial charge in [0.2, 0.25) is 5.88 Å². The Bertz CT molecular complexity index is 1300. The smallest absolute Gasteiger partial charge is 0.388 e. The van der Waals surface area contributed by atoms with Crippen LogP contribution in [-0.2, 0) is 4.74 Å². The molecule has 2 aliphatic heterocycles. The van der Waals surface area contributed by atoms with Crippen LogP contribution in [0.25, 0.3) is 11.1 Å². The van der Waals surface area contributed by atoms with Crippen LogP contribution in [-0.4, -0.2) is 56.9 Å². The number of amides is 1. The summed E-state index contributed by atoms with van der Waals surface area (Å²) in [5, 5.41) is 12.6. The molecule has 0 aliphatic carbocycles. The maximum Gasteiger partial charge on any atom is 0.388 e. The summed E-state index contributed by atoms with van der Waals surface area (Å²) in [6.45, 7) is 4.67. The summed E-state index contributed by atoms with van der Waals surface area (Å²) in [5.41, 5.74) is 0.678. The van der Waals surface area contributed by atoms with Gasteiger partial charge < -0.3 is 20.1 Å². The van der Waals surface area contributed by atoms with E-state index in [0.29, 0.717) is 24.5 Å². The van der Waals surface area contributed by atoms with Crippen molar-refractivity contribution >= 4 is 38.9 Å². The Labute approximate surface area is 212 Å². The Morgan fingerprint density at radius 2 is 1.94 bits per heavy atom. The molecule has 14 heteroatoms. The van der Waals surface area contributed by atoms with E-state index >= 15 is 0 Å². The van der Waals surface area contributed by atoms with Gasteiger partial charge in [-0.25, -0.2) is 9.79 Å². The summed E-state index contributed by atoms with van der Waals surface area (Å²) in [4.78, 5) is 35.9. The number of thiol groups is 1. The number of ether oxygens (including phenoxy) is 2. The van der Waals surface area contributed by atoms with E-state index in [9.17, 15) is 18.4 Å². The Kier molecular flexibility index (Phi) is 7.25. The van der Waals surface area contributed by atoms with Gasteiger partial charge >= 0.3 is 11.9 Å². The highest BCUT2D eigenvalue weighted by atomic mass is 35.5. The lowest BCUT2D eigenvalue weighted by Crippen LogP contribution is -2.34. The Hall–Kier alpha value is -3.16. The molecule has 192 valence electrons. The third-order valence-electron chi connectivity index (χ3n) is 4.95. The fraction of sp³-hybridized carbons (Fsp3) is 0.364. The van der Waals surface area contributed by atoms with Gasteiger partial charge in [-0.1, -0.05) is 22.5 Å². The van der Waals surface area contributed by atoms with E-state index in [1.54, 1.807) is 27.7 Å². The third-order valence-corrected chi connectivity index (χ3v) is 7.18. The van der Waals surface area contributed by atoms with E-state index in [1.807, 2.05) is 0 Å². The van der Waals surface area contributed by atoms with Crippen LogP contribution >= 0.6 is 22.5 Å². The molecule has 0 aromatic carbocycles. The van der Waals surface area contributed by atoms with Crippen molar-refractivity contribution in [3.63, 3.8) is 0 Å². The molecular formula is C22H23ClF2N6O4S. The highest BCUT2D eigenvalue weighted by Crippen LogP contribution is 2.47. The van der Waals surface area contributed by atoms with Gasteiger partial charge in [0.05, 0.1) is 11.3 Å². The van der Waals surface area contributed by atoms with Crippen molar-refractivity contribution in [3.8, 4) is 17.0 Å². The number of hydrogen-bond acceptors (Lipinski definition) is 9. The molecule has 4 rings (SSSR count). The minimum Gasteiger partial charge on any atom is -0.453 e. The monoisotopic (exact) mass is 540 g/mol. The van der Waals surface area contributed by atoms with E-state index in [-0.39, 0.29) is 27.0 Å². The van der Waals surface area contributed by atoms with E-state index in [2.05, 4.69) is 35.5 Å². The number of nitrogens with one attached hydrogen (secondary N) is 2. The zero-order valence-corrected chi connectivity index (χ0v) is 21.4. The molecule has 2 aromatic rings. The van der Waals surface area contributed by atoms with Crippen LogP contribution < -0.4 is 15.4 Å². The van der Waals surface area contributed by atoms with Crippen LogP contribution in [0.3, 0.4) is 0 Å². The first-order valence-corrected chi connectivity index (χ1v) is 12.5. The second-order valence-corrected chi connectivity index (χ2v) is 11.2. The maximum absolute atomic E-state index is 13.4. The van der Waals surface area contributed by atoms with Crippen molar-refractivity contribution < 1.29 is 27.8 Å². The average molecular weight is 541 g/mol. The van der Waals surface area contributed by atoms with Gasteiger partial charge in [0.1, 0.15) is 5.60 Å². The standard InChI is InChI=1S/C22H23ClF2N6O4S/c1-10-5-11(12-6-16(23)30-31-18(12)34-19(24)25)13(7-27-10)17(32)29-20-28-14-8-26-9-15(14)36(20)21(33)35-22(2,3)4/h5-7,19,26,36H,8-9H2,1-4H3,(H,28,29,32). The largest absolute Gasteiger partial charge is 0.453 e. The van der Waals surface area contributed by atoms with Crippen LogP contribution in [0.1, 0.15) is 36.8 Å². The number of alkyl halides is 2. The van der Waals surface area contributed by atoms with Crippen molar-refractivity contribution in [2.75, 3.05) is 13.1 Å². The van der Waals surface area contributed by atoms with Crippen molar-refractivity contribution in [1.82, 2.24) is 25.8 Å². The summed E-state index contributed by atoms with van der Waals surface area (Å²) < 4.78 is 36.1. The van der Waals surface area contributed by atoms with E-state index < -0.39 is 40.2 Å². The number of aromatic nitrogens is 3. The summed E-state index contributed by atoms with van der Waals surface area (Å²) in [6.07, 6.45) is 1.29. The van der Waals surface area contributed by atoms with E-state index in [0.717, 1.165) is 4.91 Å². The predicted molar refractivity (Wildman–Crippen MR) is 132 cm³/mol. The molecule has 2 N–H and O–H groups in total. The summed E-state index contributed by atoms with van der Waals surface area (Å²) in [6, 6.07) is 2.77. The molecule has 1 amide bonds. The molecule has 2 aliphatic rings.